The summed E-state index contributed by atoms with van der Waals surface area (Å²) in [6.07, 6.45) is 3.38. The van der Waals surface area contributed by atoms with Gasteiger partial charge in [-0.25, -0.2) is 4.79 Å². The number of rotatable bonds is 7. The van der Waals surface area contributed by atoms with E-state index in [1.807, 2.05) is 49.0 Å². The predicted molar refractivity (Wildman–Crippen MR) is 114 cm³/mol. The molecule has 0 radical (unpaired) electrons. The maximum absolute atomic E-state index is 12.4. The number of amides is 1. The van der Waals surface area contributed by atoms with Crippen LogP contribution in [0.5, 0.6) is 0 Å². The molecule has 0 spiro atoms. The van der Waals surface area contributed by atoms with Crippen LogP contribution in [0.15, 0.2) is 30.5 Å². The second kappa shape index (κ2) is 7.63. The van der Waals surface area contributed by atoms with E-state index in [9.17, 15) is 13.2 Å². The van der Waals surface area contributed by atoms with Crippen molar-refractivity contribution in [1.82, 2.24) is 14.3 Å². The number of carbonyl (C=O) groups excluding carboxylic acids is 1. The van der Waals surface area contributed by atoms with Crippen molar-refractivity contribution < 1.29 is 17.4 Å². The minimum atomic E-state index is -4.13. The monoisotopic (exact) mass is 450 g/mol. The lowest BCUT2D eigenvalue weighted by atomic mass is 9.94. The minimum Gasteiger partial charge on any atom is -0.334 e. The van der Waals surface area contributed by atoms with Crippen LogP contribution in [0.2, 0.25) is 5.02 Å². The van der Waals surface area contributed by atoms with Crippen molar-refractivity contribution in [3.05, 3.63) is 46.7 Å². The third-order valence-electron chi connectivity index (χ3n) is 5.46. The second-order valence-corrected chi connectivity index (χ2v) is 9.89. The molecule has 1 aromatic carbocycles. The number of aromatic nitrogens is 3. The zero-order valence-corrected chi connectivity index (χ0v) is 18.3. The van der Waals surface area contributed by atoms with Crippen LogP contribution in [0.1, 0.15) is 36.4 Å². The van der Waals surface area contributed by atoms with Gasteiger partial charge in [-0.3, -0.25) is 4.68 Å². The molecule has 8 nitrogen and oxygen atoms in total. The molecule has 10 heteroatoms. The molecule has 1 aliphatic rings. The molecule has 0 saturated heterocycles. The third-order valence-corrected chi connectivity index (χ3v) is 6.92. The number of aryl methyl sites for hydroxylation is 2. The summed E-state index contributed by atoms with van der Waals surface area (Å²) in [4.78, 5) is 11.1. The Balaban J connectivity index is 1.84. The van der Waals surface area contributed by atoms with Crippen LogP contribution < -0.4 is 5.73 Å². The first-order valence-electron chi connectivity index (χ1n) is 9.66. The number of hydrogen-bond donors (Lipinski definition) is 1. The van der Waals surface area contributed by atoms with Gasteiger partial charge in [-0.2, -0.15) is 13.5 Å². The average Bonchev–Trinajstić information content (AvgIpc) is 3.27. The summed E-state index contributed by atoms with van der Waals surface area (Å²) >= 11 is 6.22. The van der Waals surface area contributed by atoms with E-state index >= 15 is 0 Å². The number of fused-ring (bicyclic) bond motifs is 1. The van der Waals surface area contributed by atoms with Gasteiger partial charge >= 0.3 is 16.2 Å². The maximum Gasteiger partial charge on any atom is 0.420 e. The molecule has 0 aliphatic heterocycles. The summed E-state index contributed by atoms with van der Waals surface area (Å²) in [7, 11) is -2.31. The largest absolute Gasteiger partial charge is 0.420 e. The molecule has 1 atom stereocenters. The van der Waals surface area contributed by atoms with E-state index in [2.05, 4.69) is 9.28 Å². The van der Waals surface area contributed by atoms with Gasteiger partial charge in [-0.15, -0.1) is 0 Å². The van der Waals surface area contributed by atoms with Crippen LogP contribution in [0.3, 0.4) is 0 Å². The van der Waals surface area contributed by atoms with E-state index in [1.165, 1.54) is 0 Å². The van der Waals surface area contributed by atoms with Crippen LogP contribution in [-0.2, 0) is 21.3 Å². The summed E-state index contributed by atoms with van der Waals surface area (Å²) in [5, 5.41) is 6.18. The summed E-state index contributed by atoms with van der Waals surface area (Å²) in [5.41, 5.74) is 7.40. The van der Waals surface area contributed by atoms with Gasteiger partial charge in [-0.1, -0.05) is 30.5 Å². The highest BCUT2D eigenvalue weighted by Gasteiger charge is 2.34. The van der Waals surface area contributed by atoms with Gasteiger partial charge in [-0.05, 0) is 37.5 Å². The van der Waals surface area contributed by atoms with Crippen molar-refractivity contribution in [2.45, 2.75) is 32.1 Å². The summed E-state index contributed by atoms with van der Waals surface area (Å²) in [5.74, 6) is 0.486. The highest BCUT2D eigenvalue weighted by atomic mass is 35.5. The number of nitrogens with zero attached hydrogens (tertiary/aromatic N) is 3. The van der Waals surface area contributed by atoms with Gasteiger partial charge in [0.15, 0.2) is 0 Å². The molecule has 1 saturated carbocycles. The Labute approximate surface area is 179 Å². The van der Waals surface area contributed by atoms with E-state index in [-0.39, 0.29) is 11.7 Å². The third kappa shape index (κ3) is 4.17. The first-order chi connectivity index (χ1) is 14.1. The topological polar surface area (TPSA) is 109 Å². The first kappa shape index (κ1) is 20.7. The molecule has 1 amide bonds. The van der Waals surface area contributed by atoms with E-state index in [4.69, 9.17) is 17.3 Å². The Morgan fingerprint density at radius 1 is 1.37 bits per heavy atom. The molecule has 1 unspecified atom stereocenters. The summed E-state index contributed by atoms with van der Waals surface area (Å²) in [6.45, 7) is 1.86. The predicted octanol–water partition coefficient (Wildman–Crippen LogP) is 3.63. The van der Waals surface area contributed by atoms with Crippen molar-refractivity contribution in [3.8, 4) is 5.82 Å². The fraction of sp³-hybridized carbons (Fsp3) is 0.400. The average molecular weight is 451 g/mol. The van der Waals surface area contributed by atoms with E-state index < -0.39 is 16.2 Å². The van der Waals surface area contributed by atoms with E-state index in [0.29, 0.717) is 17.4 Å². The van der Waals surface area contributed by atoms with Crippen LogP contribution in [0, 0.1) is 12.8 Å². The van der Waals surface area contributed by atoms with Crippen LogP contribution in [0.4, 0.5) is 4.79 Å². The maximum atomic E-state index is 12.4. The fourth-order valence-electron chi connectivity index (χ4n) is 4.14. The highest BCUT2D eigenvalue weighted by molar-refractivity contribution is 7.87. The Morgan fingerprint density at radius 2 is 2.10 bits per heavy atom. The second-order valence-electron chi connectivity index (χ2n) is 7.84. The van der Waals surface area contributed by atoms with E-state index in [0.717, 1.165) is 40.8 Å². The summed E-state index contributed by atoms with van der Waals surface area (Å²) in [6, 6.07) is 7.60. The van der Waals surface area contributed by atoms with Gasteiger partial charge in [0.2, 0.25) is 0 Å². The molecule has 160 valence electrons. The highest BCUT2D eigenvalue weighted by Crippen LogP contribution is 2.42. The molecule has 2 N–H and O–H groups in total. The molecule has 2 aromatic heterocycles. The van der Waals surface area contributed by atoms with Crippen molar-refractivity contribution in [3.63, 3.8) is 0 Å². The fourth-order valence-corrected chi connectivity index (χ4v) is 5.42. The Hall–Kier alpha value is -2.52. The van der Waals surface area contributed by atoms with Gasteiger partial charge in [0, 0.05) is 35.1 Å². The smallest absolute Gasteiger partial charge is 0.334 e. The van der Waals surface area contributed by atoms with Crippen LogP contribution in [0.25, 0.3) is 16.7 Å². The number of primary amides is 1. The van der Waals surface area contributed by atoms with Gasteiger partial charge in [0.05, 0.1) is 17.0 Å². The number of halogens is 1. The molecule has 1 fully saturated rings. The van der Waals surface area contributed by atoms with Gasteiger partial charge in [0.1, 0.15) is 5.82 Å². The number of carbonyl (C=O) groups is 1. The number of hydrogen-bond acceptors (Lipinski definition) is 5. The summed E-state index contributed by atoms with van der Waals surface area (Å²) < 4.78 is 33.0. The van der Waals surface area contributed by atoms with Crippen molar-refractivity contribution in [1.29, 1.82) is 0 Å². The van der Waals surface area contributed by atoms with Crippen molar-refractivity contribution in [2.75, 3.05) is 5.75 Å². The zero-order chi connectivity index (χ0) is 21.6. The van der Waals surface area contributed by atoms with Crippen molar-refractivity contribution >= 4 is 38.7 Å². The number of benzene rings is 1. The Morgan fingerprint density at radius 3 is 2.77 bits per heavy atom. The molecular formula is C20H23ClN4O4S. The Kier molecular flexibility index (Phi) is 5.27. The molecule has 2 heterocycles. The quantitative estimate of drug-likeness (QED) is 0.552. The number of nitrogens with two attached hydrogens (primary N) is 1. The lowest BCUT2D eigenvalue weighted by Crippen LogP contribution is -2.25. The Bertz CT molecular complexity index is 1230. The first-order valence-corrected chi connectivity index (χ1v) is 11.6. The molecular weight excluding hydrogens is 428 g/mol. The van der Waals surface area contributed by atoms with Gasteiger partial charge < -0.3 is 14.5 Å². The lowest BCUT2D eigenvalue weighted by molar-refractivity contribution is 0.212. The van der Waals surface area contributed by atoms with E-state index in [1.54, 1.807) is 4.68 Å². The molecule has 1 aliphatic carbocycles. The molecule has 30 heavy (non-hydrogen) atoms. The zero-order valence-electron chi connectivity index (χ0n) is 16.7. The molecule has 3 aromatic rings. The standard InChI is InChI=1S/C20H23ClN4O4S/c1-12-18(15(9-13-3-4-13)11-30(27,28)29-20(22)26)19(24(2)23-12)25-8-7-14-5-6-16(21)10-17(14)25/h5-8,10,13,15H,3-4,9,11H2,1-2H3,(H2,22,26). The van der Waals surface area contributed by atoms with Crippen LogP contribution >= 0.6 is 11.6 Å². The van der Waals surface area contributed by atoms with Gasteiger partial charge in [0.25, 0.3) is 0 Å². The normalized spacial score (nSPS) is 15.4. The van der Waals surface area contributed by atoms with Crippen LogP contribution in [-0.4, -0.2) is 34.6 Å². The SMILES string of the molecule is Cc1nn(C)c(-n2ccc3ccc(Cl)cc32)c1C(CC1CC1)CS(=O)(=O)OC(N)=O. The molecule has 4 rings (SSSR count). The minimum absolute atomic E-state index is 0.341. The lowest BCUT2D eigenvalue weighted by Gasteiger charge is -2.19. The van der Waals surface area contributed by atoms with Crippen molar-refractivity contribution in [2.24, 2.45) is 18.7 Å². The molecule has 0 bridgehead atoms.